The Kier molecular flexibility index (Phi) is 16.3. The summed E-state index contributed by atoms with van der Waals surface area (Å²) in [5.41, 5.74) is 0. The number of carbonyl (C=O) groups is 1. The first-order valence-electron chi connectivity index (χ1n) is 3.43. The molecule has 0 spiro atoms. The van der Waals surface area contributed by atoms with Gasteiger partial charge in [-0.1, -0.05) is 5.92 Å². The van der Waals surface area contributed by atoms with E-state index in [0.717, 1.165) is 0 Å². The second-order valence-corrected chi connectivity index (χ2v) is 2.35. The molecule has 0 bridgehead atoms. The van der Waals surface area contributed by atoms with Crippen molar-refractivity contribution < 1.29 is 64.9 Å². The molecule has 0 atom stereocenters. The van der Waals surface area contributed by atoms with Crippen molar-refractivity contribution in [1.82, 2.24) is 5.32 Å². The second-order valence-electron chi connectivity index (χ2n) is 1.97. The van der Waals surface area contributed by atoms with Crippen molar-refractivity contribution in [3.05, 3.63) is 0 Å². The molecule has 13 heavy (non-hydrogen) atoms. The van der Waals surface area contributed by atoms with Gasteiger partial charge in [0.25, 0.3) is 0 Å². The molecule has 6 heteroatoms. The van der Waals surface area contributed by atoms with Gasteiger partial charge >= 0.3 is 51.4 Å². The van der Waals surface area contributed by atoms with E-state index < -0.39 is 0 Å². The van der Waals surface area contributed by atoms with Crippen LogP contribution < -0.4 is 56.7 Å². The molecule has 0 radical (unpaired) electrons. The van der Waals surface area contributed by atoms with E-state index in [1.807, 2.05) is 0 Å². The molecular weight excluding hydrogens is 217 g/mol. The molecule has 1 amide bonds. The van der Waals surface area contributed by atoms with Crippen LogP contribution in [0.15, 0.2) is 0 Å². The maximum atomic E-state index is 10.8. The van der Waals surface area contributed by atoms with Crippen LogP contribution in [0, 0.1) is 12.3 Å². The smallest absolute Gasteiger partial charge is 0.776 e. The van der Waals surface area contributed by atoms with Crippen LogP contribution in [-0.4, -0.2) is 23.6 Å². The Balaban J connectivity index is 0. The molecule has 0 aromatic carbocycles. The van der Waals surface area contributed by atoms with Gasteiger partial charge in [0.15, 0.2) is 0 Å². The van der Waals surface area contributed by atoms with Gasteiger partial charge < -0.3 is 14.1 Å². The van der Waals surface area contributed by atoms with E-state index in [2.05, 4.69) is 15.4 Å². The molecule has 4 nitrogen and oxygen atoms in total. The zero-order valence-electron chi connectivity index (χ0n) is 7.54. The minimum Gasteiger partial charge on any atom is -0.776 e. The normalized spacial score (nSPS) is 8.31. The molecule has 0 saturated carbocycles. The van der Waals surface area contributed by atoms with Crippen LogP contribution >= 0.6 is 12.3 Å². The average Bonchev–Trinajstić information content (AvgIpc) is 2.09. The van der Waals surface area contributed by atoms with Crippen molar-refractivity contribution in [2.75, 3.05) is 13.2 Å². The maximum absolute atomic E-state index is 10.8. The molecule has 0 heterocycles. The summed E-state index contributed by atoms with van der Waals surface area (Å²) >= 11 is 0.0571. The molecule has 0 saturated heterocycles. The largest absolute Gasteiger partial charge is 1.00 e. The SMILES string of the molecule is C#CCNC(=O)CCCOS[O-].[K+]. The van der Waals surface area contributed by atoms with Crippen LogP contribution in [0.2, 0.25) is 0 Å². The van der Waals surface area contributed by atoms with E-state index >= 15 is 0 Å². The van der Waals surface area contributed by atoms with Gasteiger partial charge in [0, 0.05) is 6.42 Å². The van der Waals surface area contributed by atoms with Gasteiger partial charge in [0.1, 0.15) is 0 Å². The summed E-state index contributed by atoms with van der Waals surface area (Å²) in [5, 5.41) is 2.49. The van der Waals surface area contributed by atoms with Gasteiger partial charge in [-0.25, -0.2) is 0 Å². The van der Waals surface area contributed by atoms with Crippen molar-refractivity contribution in [3.8, 4) is 12.3 Å². The van der Waals surface area contributed by atoms with Crippen LogP contribution in [0.25, 0.3) is 0 Å². The third-order valence-electron chi connectivity index (χ3n) is 1.07. The van der Waals surface area contributed by atoms with Gasteiger partial charge in [-0.05, 0) is 6.42 Å². The molecule has 0 unspecified atom stereocenters. The van der Waals surface area contributed by atoms with E-state index in [0.29, 0.717) is 12.8 Å². The summed E-state index contributed by atoms with van der Waals surface area (Å²) in [7, 11) is 0. The number of terminal acetylenes is 1. The molecule has 0 aromatic heterocycles. The Hall–Kier alpha value is 0.936. The standard InChI is InChI=1S/C7H11NO3S.K/c1-2-5-8-7(9)4-3-6-11-12-10;/h1,10H,3-6H2,(H,8,9);/q;+1/p-1. The number of rotatable bonds is 6. The Labute approximate surface area is 125 Å². The van der Waals surface area contributed by atoms with Crippen molar-refractivity contribution in [2.45, 2.75) is 12.8 Å². The van der Waals surface area contributed by atoms with Gasteiger partial charge in [0.05, 0.1) is 13.2 Å². The van der Waals surface area contributed by atoms with E-state index in [1.165, 1.54) is 0 Å². The summed E-state index contributed by atoms with van der Waals surface area (Å²) < 4.78 is 14.1. The Morgan fingerprint density at radius 3 is 2.92 bits per heavy atom. The van der Waals surface area contributed by atoms with Crippen molar-refractivity contribution in [2.24, 2.45) is 0 Å². The van der Waals surface area contributed by atoms with Crippen LogP contribution in [0.3, 0.4) is 0 Å². The molecule has 0 aliphatic carbocycles. The minimum atomic E-state index is -0.118. The van der Waals surface area contributed by atoms with Crippen LogP contribution in [0.4, 0.5) is 0 Å². The molecule has 68 valence electrons. The molecule has 0 aliphatic rings. The predicted octanol–water partition coefficient (Wildman–Crippen LogP) is -2.68. The van der Waals surface area contributed by atoms with Crippen molar-refractivity contribution in [3.63, 3.8) is 0 Å². The molecular formula is C7H10KNO3S. The van der Waals surface area contributed by atoms with Gasteiger partial charge in [-0.3, -0.25) is 4.79 Å². The molecule has 0 fully saturated rings. The Bertz CT molecular complexity index is 172. The zero-order chi connectivity index (χ0) is 9.23. The fraction of sp³-hybridized carbons (Fsp3) is 0.571. The van der Waals surface area contributed by atoms with E-state index in [4.69, 9.17) is 6.42 Å². The quantitative estimate of drug-likeness (QED) is 0.232. The second kappa shape index (κ2) is 12.9. The summed E-state index contributed by atoms with van der Waals surface area (Å²) in [5.74, 6) is 2.16. The van der Waals surface area contributed by atoms with Crippen LogP contribution in [0.5, 0.6) is 0 Å². The van der Waals surface area contributed by atoms with Crippen LogP contribution in [0.1, 0.15) is 12.8 Å². The van der Waals surface area contributed by atoms with Gasteiger partial charge in [-0.2, -0.15) is 0 Å². The topological polar surface area (TPSA) is 61.4 Å². The summed E-state index contributed by atoms with van der Waals surface area (Å²) in [4.78, 5) is 10.8. The van der Waals surface area contributed by atoms with Crippen molar-refractivity contribution >= 4 is 18.2 Å². The molecule has 1 N–H and O–H groups in total. The minimum absolute atomic E-state index is 0. The molecule has 0 aliphatic heterocycles. The first-order valence-corrected chi connectivity index (χ1v) is 4.09. The Morgan fingerprint density at radius 1 is 1.69 bits per heavy atom. The number of hydrogen-bond donors (Lipinski definition) is 1. The monoisotopic (exact) mass is 227 g/mol. The third kappa shape index (κ3) is 12.9. The van der Waals surface area contributed by atoms with Gasteiger partial charge in [-0.15, -0.1) is 18.7 Å². The van der Waals surface area contributed by atoms with E-state index in [1.54, 1.807) is 0 Å². The summed E-state index contributed by atoms with van der Waals surface area (Å²) in [6.45, 7) is 0.535. The van der Waals surface area contributed by atoms with E-state index in [9.17, 15) is 9.35 Å². The molecule has 0 aromatic rings. The number of nitrogens with one attached hydrogen (secondary N) is 1. The average molecular weight is 227 g/mol. The summed E-state index contributed by atoms with van der Waals surface area (Å²) in [6, 6.07) is 0. The number of hydrogen-bond acceptors (Lipinski definition) is 4. The Morgan fingerprint density at radius 2 is 2.38 bits per heavy atom. The fourth-order valence-electron chi connectivity index (χ4n) is 0.564. The third-order valence-corrected chi connectivity index (χ3v) is 1.33. The number of carbonyl (C=O) groups excluding carboxylic acids is 1. The van der Waals surface area contributed by atoms with Crippen LogP contribution in [-0.2, 0) is 8.98 Å². The first kappa shape index (κ1) is 16.4. The molecule has 0 rings (SSSR count). The predicted molar refractivity (Wildman–Crippen MR) is 45.4 cm³/mol. The van der Waals surface area contributed by atoms with Gasteiger partial charge in [0.2, 0.25) is 5.91 Å². The number of amides is 1. The first-order chi connectivity index (χ1) is 5.81. The zero-order valence-corrected chi connectivity index (χ0v) is 11.5. The van der Waals surface area contributed by atoms with Crippen molar-refractivity contribution in [1.29, 1.82) is 0 Å². The fourth-order valence-corrected chi connectivity index (χ4v) is 0.750. The van der Waals surface area contributed by atoms with E-state index in [-0.39, 0.29) is 82.8 Å². The maximum Gasteiger partial charge on any atom is 1.00 e. The summed E-state index contributed by atoms with van der Waals surface area (Å²) in [6.07, 6.45) is 5.79.